The summed E-state index contributed by atoms with van der Waals surface area (Å²) in [6, 6.07) is 3.66. The number of carbonyl (C=O) groups excluding carboxylic acids is 1. The Labute approximate surface area is 176 Å². The second-order valence-electron chi connectivity index (χ2n) is 5.96. The topological polar surface area (TPSA) is 94.0 Å². The molecule has 2 aromatic heterocycles. The number of hydrogen-bond donors (Lipinski definition) is 2. The number of anilines is 1. The molecule has 1 amide bonds. The third kappa shape index (κ3) is 5.14. The number of rotatable bonds is 9. The molecule has 0 aliphatic rings. The molecular formula is C18H20ClFN6O2S. The number of nitrogens with zero attached hydrogens (tertiary/aromatic N) is 4. The van der Waals surface area contributed by atoms with Crippen molar-refractivity contribution in [2.75, 3.05) is 38.4 Å². The number of hydrogen-bond acceptors (Lipinski definition) is 7. The second kappa shape index (κ2) is 9.86. The number of benzene rings is 1. The van der Waals surface area contributed by atoms with Crippen LogP contribution in [0.2, 0.25) is 5.02 Å². The molecular weight excluding hydrogens is 419 g/mol. The first-order chi connectivity index (χ1) is 14.0. The molecule has 0 saturated heterocycles. The van der Waals surface area contributed by atoms with Crippen LogP contribution in [0.25, 0.3) is 11.0 Å². The van der Waals surface area contributed by atoms with Crippen LogP contribution < -0.4 is 10.6 Å². The number of carbonyl (C=O) groups is 1. The fourth-order valence-electron chi connectivity index (χ4n) is 2.64. The number of nitrogens with one attached hydrogen (secondary N) is 2. The van der Waals surface area contributed by atoms with Gasteiger partial charge in [0.25, 0.3) is 5.91 Å². The quantitative estimate of drug-likeness (QED) is 0.301. The van der Waals surface area contributed by atoms with Crippen LogP contribution in [0.15, 0.2) is 29.6 Å². The van der Waals surface area contributed by atoms with Gasteiger partial charge in [-0.3, -0.25) is 4.79 Å². The summed E-state index contributed by atoms with van der Waals surface area (Å²) in [7, 11) is 1.63. The molecule has 2 N–H and O–H groups in total. The van der Waals surface area contributed by atoms with E-state index in [0.717, 1.165) is 11.5 Å². The van der Waals surface area contributed by atoms with Crippen LogP contribution in [-0.4, -0.2) is 58.7 Å². The molecule has 0 atom stereocenters. The normalized spacial score (nSPS) is 11.0. The molecule has 0 aliphatic carbocycles. The Balaban J connectivity index is 1.71. The highest BCUT2D eigenvalue weighted by Crippen LogP contribution is 2.23. The lowest BCUT2D eigenvalue weighted by Crippen LogP contribution is -2.27. The molecule has 0 radical (unpaired) electrons. The minimum Gasteiger partial charge on any atom is -0.383 e. The maximum absolute atomic E-state index is 13.1. The van der Waals surface area contributed by atoms with Gasteiger partial charge in [-0.2, -0.15) is 5.10 Å². The lowest BCUT2D eigenvalue weighted by Gasteiger charge is -2.09. The monoisotopic (exact) mass is 438 g/mol. The summed E-state index contributed by atoms with van der Waals surface area (Å²) in [5, 5.41) is 11.8. The summed E-state index contributed by atoms with van der Waals surface area (Å²) >= 11 is 7.36. The van der Waals surface area contributed by atoms with Crippen LogP contribution in [0.1, 0.15) is 10.4 Å². The van der Waals surface area contributed by atoms with Crippen molar-refractivity contribution in [3.05, 3.63) is 40.8 Å². The zero-order valence-electron chi connectivity index (χ0n) is 15.9. The molecule has 1 aromatic carbocycles. The minimum atomic E-state index is -0.492. The average molecular weight is 439 g/mol. The molecule has 0 saturated carbocycles. The molecule has 8 nitrogen and oxygen atoms in total. The summed E-state index contributed by atoms with van der Waals surface area (Å²) in [5.74, 6) is -0.189. The lowest BCUT2D eigenvalue weighted by molar-refractivity contribution is 0.0952. The molecule has 0 spiro atoms. The van der Waals surface area contributed by atoms with Crippen LogP contribution in [0, 0.1) is 5.82 Å². The molecule has 0 unspecified atom stereocenters. The molecule has 154 valence electrons. The Morgan fingerprint density at radius 3 is 2.90 bits per heavy atom. The van der Waals surface area contributed by atoms with E-state index in [-0.39, 0.29) is 16.5 Å². The SMILES string of the molecule is COCCNc1nc(SC)nc2c1cnn2CCNC(=O)c1ccc(F)cc1Cl. The first-order valence-corrected chi connectivity index (χ1v) is 10.4. The number of ether oxygens (including phenoxy) is 1. The van der Waals surface area contributed by atoms with Gasteiger partial charge < -0.3 is 15.4 Å². The summed E-state index contributed by atoms with van der Waals surface area (Å²) in [4.78, 5) is 21.3. The molecule has 29 heavy (non-hydrogen) atoms. The van der Waals surface area contributed by atoms with E-state index in [0.29, 0.717) is 42.9 Å². The Morgan fingerprint density at radius 2 is 2.17 bits per heavy atom. The molecule has 0 bridgehead atoms. The van der Waals surface area contributed by atoms with E-state index in [1.165, 1.54) is 23.9 Å². The van der Waals surface area contributed by atoms with Crippen LogP contribution in [-0.2, 0) is 11.3 Å². The number of thioether (sulfide) groups is 1. The second-order valence-corrected chi connectivity index (χ2v) is 7.14. The van der Waals surface area contributed by atoms with Gasteiger partial charge in [-0.1, -0.05) is 23.4 Å². The van der Waals surface area contributed by atoms with Gasteiger partial charge in [-0.15, -0.1) is 0 Å². The van der Waals surface area contributed by atoms with Crippen molar-refractivity contribution in [3.63, 3.8) is 0 Å². The van der Waals surface area contributed by atoms with E-state index in [4.69, 9.17) is 16.3 Å². The van der Waals surface area contributed by atoms with Gasteiger partial charge in [0, 0.05) is 20.2 Å². The Hall–Kier alpha value is -2.43. The maximum atomic E-state index is 13.1. The Morgan fingerprint density at radius 1 is 1.34 bits per heavy atom. The predicted octanol–water partition coefficient (Wildman–Crippen LogP) is 2.83. The Bertz CT molecular complexity index is 1020. The van der Waals surface area contributed by atoms with Crippen molar-refractivity contribution in [2.24, 2.45) is 0 Å². The third-order valence-electron chi connectivity index (χ3n) is 4.04. The summed E-state index contributed by atoms with van der Waals surface area (Å²) < 4.78 is 19.9. The predicted molar refractivity (Wildman–Crippen MR) is 111 cm³/mol. The highest BCUT2D eigenvalue weighted by atomic mass is 35.5. The van der Waals surface area contributed by atoms with Crippen molar-refractivity contribution in [1.29, 1.82) is 0 Å². The first kappa shape index (κ1) is 21.3. The number of amides is 1. The van der Waals surface area contributed by atoms with Gasteiger partial charge in [0.2, 0.25) is 0 Å². The van der Waals surface area contributed by atoms with Crippen LogP contribution in [0.4, 0.5) is 10.2 Å². The maximum Gasteiger partial charge on any atom is 0.252 e. The first-order valence-electron chi connectivity index (χ1n) is 8.77. The van der Waals surface area contributed by atoms with Crippen LogP contribution in [0.3, 0.4) is 0 Å². The van der Waals surface area contributed by atoms with Crippen molar-refractivity contribution in [3.8, 4) is 0 Å². The van der Waals surface area contributed by atoms with Gasteiger partial charge >= 0.3 is 0 Å². The van der Waals surface area contributed by atoms with Crippen molar-refractivity contribution in [1.82, 2.24) is 25.1 Å². The van der Waals surface area contributed by atoms with Gasteiger partial charge in [-0.05, 0) is 24.5 Å². The lowest BCUT2D eigenvalue weighted by atomic mass is 10.2. The number of fused-ring (bicyclic) bond motifs is 1. The Kier molecular flexibility index (Phi) is 7.24. The summed E-state index contributed by atoms with van der Waals surface area (Å²) in [6.07, 6.45) is 3.58. The zero-order valence-corrected chi connectivity index (χ0v) is 17.5. The molecule has 0 fully saturated rings. The molecule has 0 aliphatic heterocycles. The summed E-state index contributed by atoms with van der Waals surface area (Å²) in [6.45, 7) is 1.85. The highest BCUT2D eigenvalue weighted by Gasteiger charge is 2.14. The number of aromatic nitrogens is 4. The van der Waals surface area contributed by atoms with E-state index in [1.807, 2.05) is 6.26 Å². The van der Waals surface area contributed by atoms with Crippen molar-refractivity contribution >= 4 is 46.1 Å². The minimum absolute atomic E-state index is 0.0659. The molecule has 3 aromatic rings. The van der Waals surface area contributed by atoms with Crippen molar-refractivity contribution < 1.29 is 13.9 Å². The van der Waals surface area contributed by atoms with Gasteiger partial charge in [0.05, 0.1) is 35.3 Å². The largest absolute Gasteiger partial charge is 0.383 e. The standard InChI is InChI=1S/C18H20ClFN6O2S/c1-28-8-6-21-15-13-10-23-26(16(13)25-18(24-15)29-2)7-5-22-17(27)12-4-3-11(20)9-14(12)19/h3-4,9-10H,5-8H2,1-2H3,(H,22,27)(H,21,24,25). The van der Waals surface area contributed by atoms with E-state index in [1.54, 1.807) is 18.0 Å². The van der Waals surface area contributed by atoms with E-state index < -0.39 is 5.82 Å². The number of methoxy groups -OCH3 is 1. The smallest absolute Gasteiger partial charge is 0.252 e. The highest BCUT2D eigenvalue weighted by molar-refractivity contribution is 7.98. The fraction of sp³-hybridized carbons (Fsp3) is 0.333. The van der Waals surface area contributed by atoms with E-state index in [9.17, 15) is 9.18 Å². The van der Waals surface area contributed by atoms with Gasteiger partial charge in [0.1, 0.15) is 11.6 Å². The van der Waals surface area contributed by atoms with Gasteiger partial charge in [0.15, 0.2) is 10.8 Å². The third-order valence-corrected chi connectivity index (χ3v) is 4.90. The van der Waals surface area contributed by atoms with Crippen LogP contribution >= 0.6 is 23.4 Å². The van der Waals surface area contributed by atoms with Crippen molar-refractivity contribution in [2.45, 2.75) is 11.7 Å². The molecule has 3 rings (SSSR count). The van der Waals surface area contributed by atoms with E-state index >= 15 is 0 Å². The number of halogens is 2. The fourth-order valence-corrected chi connectivity index (χ4v) is 3.25. The van der Waals surface area contributed by atoms with E-state index in [2.05, 4.69) is 25.7 Å². The summed E-state index contributed by atoms with van der Waals surface area (Å²) in [5.41, 5.74) is 0.883. The molecule has 11 heteroatoms. The average Bonchev–Trinajstić information content (AvgIpc) is 3.11. The van der Waals surface area contributed by atoms with Gasteiger partial charge in [-0.25, -0.2) is 19.0 Å². The molecule has 2 heterocycles. The van der Waals surface area contributed by atoms with Crippen LogP contribution in [0.5, 0.6) is 0 Å². The zero-order chi connectivity index (χ0) is 20.8.